The fraction of sp³-hybridized carbons (Fsp3) is 0.722. The lowest BCUT2D eigenvalue weighted by atomic mass is 9.78. The van der Waals surface area contributed by atoms with Gasteiger partial charge < -0.3 is 9.80 Å². The van der Waals surface area contributed by atoms with Crippen molar-refractivity contribution in [2.24, 2.45) is 5.92 Å². The van der Waals surface area contributed by atoms with Gasteiger partial charge in [-0.2, -0.15) is 0 Å². The predicted molar refractivity (Wildman–Crippen MR) is 94.5 cm³/mol. The van der Waals surface area contributed by atoms with Crippen LogP contribution in [-0.4, -0.2) is 46.5 Å². The number of hydrogen-bond donors (Lipinski definition) is 0. The van der Waals surface area contributed by atoms with E-state index in [0.29, 0.717) is 28.6 Å². The summed E-state index contributed by atoms with van der Waals surface area (Å²) in [5, 5.41) is 0.376. The lowest BCUT2D eigenvalue weighted by Gasteiger charge is -2.44. The second-order valence-electron chi connectivity index (χ2n) is 7.31. The summed E-state index contributed by atoms with van der Waals surface area (Å²) in [6.45, 7) is 2.76. The van der Waals surface area contributed by atoms with Gasteiger partial charge >= 0.3 is 0 Å². The molecule has 5 nitrogen and oxygen atoms in total. The Labute approximate surface area is 148 Å². The third kappa shape index (κ3) is 2.99. The van der Waals surface area contributed by atoms with Crippen molar-refractivity contribution in [2.75, 3.05) is 24.5 Å². The zero-order valence-corrected chi connectivity index (χ0v) is 14.8. The van der Waals surface area contributed by atoms with Crippen LogP contribution in [0, 0.1) is 5.92 Å². The van der Waals surface area contributed by atoms with Crippen LogP contribution in [0.3, 0.4) is 0 Å². The fourth-order valence-electron chi connectivity index (χ4n) is 4.59. The number of fused-ring (bicyclic) bond motifs is 1. The van der Waals surface area contributed by atoms with Crippen molar-refractivity contribution in [3.8, 4) is 0 Å². The molecular weight excluding hydrogens is 324 g/mol. The van der Waals surface area contributed by atoms with Crippen LogP contribution in [0.25, 0.3) is 0 Å². The number of likely N-dealkylation sites (tertiary alicyclic amines) is 1. The Morgan fingerprint density at radius 2 is 1.79 bits per heavy atom. The Morgan fingerprint density at radius 3 is 2.62 bits per heavy atom. The minimum Gasteiger partial charge on any atom is -0.341 e. The van der Waals surface area contributed by atoms with Crippen molar-refractivity contribution in [3.05, 3.63) is 16.9 Å². The van der Waals surface area contributed by atoms with E-state index in [4.69, 9.17) is 11.6 Å². The standard InChI is InChI=1S/C18H25ClN4O/c19-14-12-20-18(22-9-3-4-10-22)21-16(14)17(24)23-11-5-7-13-6-1-2-8-15(13)23/h12-13,15H,1-11H2. The normalized spacial score (nSPS) is 27.2. The van der Waals surface area contributed by atoms with Crippen LogP contribution < -0.4 is 4.90 Å². The summed E-state index contributed by atoms with van der Waals surface area (Å²) in [5.41, 5.74) is 0.389. The van der Waals surface area contributed by atoms with E-state index in [0.717, 1.165) is 45.3 Å². The van der Waals surface area contributed by atoms with E-state index in [1.54, 1.807) is 6.20 Å². The van der Waals surface area contributed by atoms with E-state index in [2.05, 4.69) is 19.8 Å². The highest BCUT2D eigenvalue weighted by Gasteiger charge is 2.37. The minimum absolute atomic E-state index is 0.000512. The van der Waals surface area contributed by atoms with Gasteiger partial charge in [0.1, 0.15) is 0 Å². The molecule has 1 saturated carbocycles. The summed E-state index contributed by atoms with van der Waals surface area (Å²) in [6, 6.07) is 0.376. The van der Waals surface area contributed by atoms with Crippen LogP contribution in [-0.2, 0) is 0 Å². The van der Waals surface area contributed by atoms with Crippen LogP contribution in [0.5, 0.6) is 0 Å². The van der Waals surface area contributed by atoms with E-state index in [1.165, 1.54) is 25.7 Å². The summed E-state index contributed by atoms with van der Waals surface area (Å²) < 4.78 is 0. The van der Waals surface area contributed by atoms with Crippen molar-refractivity contribution >= 4 is 23.5 Å². The Morgan fingerprint density at radius 1 is 1.04 bits per heavy atom. The molecular formula is C18H25ClN4O. The highest BCUT2D eigenvalue weighted by atomic mass is 35.5. The molecule has 2 atom stereocenters. The van der Waals surface area contributed by atoms with Crippen LogP contribution >= 0.6 is 11.6 Å². The summed E-state index contributed by atoms with van der Waals surface area (Å²) in [5.74, 6) is 1.31. The van der Waals surface area contributed by atoms with Crippen molar-refractivity contribution in [3.63, 3.8) is 0 Å². The molecule has 3 fully saturated rings. The van der Waals surface area contributed by atoms with Gasteiger partial charge in [0, 0.05) is 25.7 Å². The number of carbonyl (C=O) groups excluding carboxylic acids is 1. The lowest BCUT2D eigenvalue weighted by molar-refractivity contribution is 0.0385. The lowest BCUT2D eigenvalue weighted by Crippen LogP contribution is -2.50. The summed E-state index contributed by atoms with van der Waals surface area (Å²) in [4.78, 5) is 26.3. The molecule has 6 heteroatoms. The molecule has 2 aliphatic heterocycles. The molecule has 24 heavy (non-hydrogen) atoms. The molecule has 130 valence electrons. The number of piperidine rings is 1. The average Bonchev–Trinajstić information content (AvgIpc) is 3.16. The Bertz CT molecular complexity index is 615. The molecule has 0 bridgehead atoms. The minimum atomic E-state index is -0.000512. The van der Waals surface area contributed by atoms with E-state index < -0.39 is 0 Å². The third-order valence-electron chi connectivity index (χ3n) is 5.83. The largest absolute Gasteiger partial charge is 0.341 e. The monoisotopic (exact) mass is 348 g/mol. The average molecular weight is 349 g/mol. The Hall–Kier alpha value is -1.36. The summed E-state index contributed by atoms with van der Waals surface area (Å²) in [6.07, 6.45) is 11.2. The smallest absolute Gasteiger partial charge is 0.274 e. The van der Waals surface area contributed by atoms with Crippen LogP contribution in [0.2, 0.25) is 5.02 Å². The van der Waals surface area contributed by atoms with Gasteiger partial charge in [0.15, 0.2) is 5.69 Å². The molecule has 1 aliphatic carbocycles. The van der Waals surface area contributed by atoms with Crippen LogP contribution in [0.1, 0.15) is 61.9 Å². The Balaban J connectivity index is 1.59. The second-order valence-corrected chi connectivity index (χ2v) is 7.72. The first-order valence-electron chi connectivity index (χ1n) is 9.32. The maximum Gasteiger partial charge on any atom is 0.274 e. The molecule has 3 heterocycles. The molecule has 2 saturated heterocycles. The number of aromatic nitrogens is 2. The predicted octanol–water partition coefficient (Wildman–Crippen LogP) is 3.53. The van der Waals surface area contributed by atoms with Gasteiger partial charge in [-0.3, -0.25) is 4.79 Å². The van der Waals surface area contributed by atoms with Crippen molar-refractivity contribution in [1.82, 2.24) is 14.9 Å². The molecule has 0 aromatic carbocycles. The Kier molecular flexibility index (Phi) is 4.61. The number of rotatable bonds is 2. The molecule has 0 radical (unpaired) electrons. The van der Waals surface area contributed by atoms with Crippen LogP contribution in [0.4, 0.5) is 5.95 Å². The maximum atomic E-state index is 13.2. The van der Waals surface area contributed by atoms with Gasteiger partial charge in [0.25, 0.3) is 5.91 Å². The van der Waals surface area contributed by atoms with E-state index >= 15 is 0 Å². The van der Waals surface area contributed by atoms with Gasteiger partial charge in [-0.15, -0.1) is 0 Å². The first kappa shape index (κ1) is 16.1. The first-order chi connectivity index (χ1) is 11.7. The van der Waals surface area contributed by atoms with Crippen molar-refractivity contribution in [2.45, 2.75) is 57.4 Å². The zero-order valence-electron chi connectivity index (χ0n) is 14.1. The molecule has 1 aromatic rings. The third-order valence-corrected chi connectivity index (χ3v) is 6.10. The van der Waals surface area contributed by atoms with E-state index in [-0.39, 0.29) is 5.91 Å². The number of anilines is 1. The molecule has 1 amide bonds. The molecule has 0 N–H and O–H groups in total. The SMILES string of the molecule is O=C(c1nc(N2CCCC2)ncc1Cl)N1CCCC2CCCCC21. The molecule has 2 unspecified atom stereocenters. The number of carbonyl (C=O) groups is 1. The van der Waals surface area contributed by atoms with Gasteiger partial charge in [-0.25, -0.2) is 9.97 Å². The zero-order chi connectivity index (χ0) is 16.5. The molecule has 4 rings (SSSR count). The van der Waals surface area contributed by atoms with Gasteiger partial charge in [0.05, 0.1) is 11.2 Å². The highest BCUT2D eigenvalue weighted by Crippen LogP contribution is 2.36. The van der Waals surface area contributed by atoms with Crippen LogP contribution in [0.15, 0.2) is 6.20 Å². The number of halogens is 1. The molecule has 0 spiro atoms. The fourth-order valence-corrected chi connectivity index (χ4v) is 4.76. The highest BCUT2D eigenvalue weighted by molar-refractivity contribution is 6.33. The van der Waals surface area contributed by atoms with E-state index in [1.807, 2.05) is 0 Å². The second kappa shape index (κ2) is 6.87. The van der Waals surface area contributed by atoms with Crippen molar-refractivity contribution < 1.29 is 4.79 Å². The number of hydrogen-bond acceptors (Lipinski definition) is 4. The molecule has 3 aliphatic rings. The number of amides is 1. The quantitative estimate of drug-likeness (QED) is 0.820. The topological polar surface area (TPSA) is 49.3 Å². The first-order valence-corrected chi connectivity index (χ1v) is 9.70. The van der Waals surface area contributed by atoms with Crippen molar-refractivity contribution in [1.29, 1.82) is 0 Å². The van der Waals surface area contributed by atoms with Gasteiger partial charge in [-0.05, 0) is 44.4 Å². The van der Waals surface area contributed by atoms with E-state index in [9.17, 15) is 4.79 Å². The van der Waals surface area contributed by atoms with Gasteiger partial charge in [0.2, 0.25) is 5.95 Å². The maximum absolute atomic E-state index is 13.2. The summed E-state index contributed by atoms with van der Waals surface area (Å²) in [7, 11) is 0. The molecule has 1 aromatic heterocycles. The number of nitrogens with zero attached hydrogens (tertiary/aromatic N) is 4. The van der Waals surface area contributed by atoms with Gasteiger partial charge in [-0.1, -0.05) is 24.4 Å². The summed E-state index contributed by atoms with van der Waals surface area (Å²) >= 11 is 6.30.